The maximum Gasteiger partial charge on any atom is 0.158 e. The third-order valence-corrected chi connectivity index (χ3v) is 3.50. The van der Waals surface area contributed by atoms with Crippen molar-refractivity contribution >= 4 is 11.6 Å². The van der Waals surface area contributed by atoms with E-state index in [0.717, 1.165) is 17.1 Å². The smallest absolute Gasteiger partial charge is 0.158 e. The van der Waals surface area contributed by atoms with E-state index in [4.69, 9.17) is 0 Å². The summed E-state index contributed by atoms with van der Waals surface area (Å²) in [6, 6.07) is 5.53. The molecule has 0 radical (unpaired) electrons. The molecule has 0 fully saturated rings. The van der Waals surface area contributed by atoms with Crippen molar-refractivity contribution in [3.63, 3.8) is 0 Å². The molecule has 1 aliphatic rings. The van der Waals surface area contributed by atoms with Crippen molar-refractivity contribution in [2.75, 3.05) is 0 Å². The summed E-state index contributed by atoms with van der Waals surface area (Å²) in [6.07, 6.45) is 1.68. The van der Waals surface area contributed by atoms with Gasteiger partial charge in [0.05, 0.1) is 11.6 Å². The molecule has 1 N–H and O–H groups in total. The van der Waals surface area contributed by atoms with Crippen LogP contribution in [0, 0.1) is 0 Å². The quantitative estimate of drug-likeness (QED) is 0.916. The fourth-order valence-corrected chi connectivity index (χ4v) is 2.77. The molecule has 0 amide bonds. The lowest BCUT2D eigenvalue weighted by Crippen LogP contribution is -2.30. The molecule has 104 valence electrons. The Kier molecular flexibility index (Phi) is 3.84. The molecule has 0 spiro atoms. The van der Waals surface area contributed by atoms with Crippen LogP contribution < -0.4 is 5.32 Å². The topological polar surface area (TPSA) is 59.1 Å². The maximum absolute atomic E-state index is 12.0. The second-order valence-corrected chi connectivity index (χ2v) is 5.00. The van der Waals surface area contributed by atoms with Crippen molar-refractivity contribution in [3.8, 4) is 0 Å². The van der Waals surface area contributed by atoms with E-state index in [2.05, 4.69) is 10.3 Å². The van der Waals surface area contributed by atoms with Gasteiger partial charge in [-0.15, -0.1) is 0 Å². The van der Waals surface area contributed by atoms with Crippen LogP contribution in [0.3, 0.4) is 0 Å². The van der Waals surface area contributed by atoms with Crippen LogP contribution in [0.5, 0.6) is 0 Å². The Morgan fingerprint density at radius 1 is 1.05 bits per heavy atom. The lowest BCUT2D eigenvalue weighted by molar-refractivity contribution is -0.114. The largest absolute Gasteiger partial charge is 0.362 e. The second kappa shape index (κ2) is 5.41. The highest BCUT2D eigenvalue weighted by Crippen LogP contribution is 2.37. The summed E-state index contributed by atoms with van der Waals surface area (Å²) in [7, 11) is 0. The summed E-state index contributed by atoms with van der Waals surface area (Å²) in [5, 5.41) is 3.13. The van der Waals surface area contributed by atoms with Crippen LogP contribution >= 0.6 is 0 Å². The number of aromatic nitrogens is 1. The van der Waals surface area contributed by atoms with E-state index in [-0.39, 0.29) is 17.5 Å². The number of pyridine rings is 1. The highest BCUT2D eigenvalue weighted by Gasteiger charge is 2.34. The molecule has 0 saturated heterocycles. The molecule has 4 heteroatoms. The number of nitrogens with zero attached hydrogens (tertiary/aromatic N) is 1. The zero-order valence-electron chi connectivity index (χ0n) is 12.2. The van der Waals surface area contributed by atoms with Gasteiger partial charge in [0, 0.05) is 28.7 Å². The van der Waals surface area contributed by atoms with Gasteiger partial charge in [-0.2, -0.15) is 0 Å². The van der Waals surface area contributed by atoms with E-state index < -0.39 is 0 Å². The average Bonchev–Trinajstić information content (AvgIpc) is 2.37. The Bertz CT molecular complexity index is 591. The van der Waals surface area contributed by atoms with Gasteiger partial charge in [-0.3, -0.25) is 14.6 Å². The lowest BCUT2D eigenvalue weighted by atomic mass is 9.80. The number of carbonyl (C=O) groups excluding carboxylic acids is 2. The third kappa shape index (κ3) is 2.41. The summed E-state index contributed by atoms with van der Waals surface area (Å²) in [6.45, 7) is 6.75. The first-order valence-electron chi connectivity index (χ1n) is 6.54. The van der Waals surface area contributed by atoms with Crippen LogP contribution in [-0.4, -0.2) is 16.6 Å². The van der Waals surface area contributed by atoms with Crippen molar-refractivity contribution in [2.45, 2.75) is 33.6 Å². The zero-order valence-corrected chi connectivity index (χ0v) is 12.2. The summed E-state index contributed by atoms with van der Waals surface area (Å²) in [5.74, 6) is -0.471. The van der Waals surface area contributed by atoms with E-state index >= 15 is 0 Å². The highest BCUT2D eigenvalue weighted by molar-refractivity contribution is 6.03. The predicted octanol–water partition coefficient (Wildman–Crippen LogP) is 2.49. The van der Waals surface area contributed by atoms with Crippen molar-refractivity contribution in [1.82, 2.24) is 10.3 Å². The fraction of sp³-hybridized carbons (Fsp3) is 0.312. The van der Waals surface area contributed by atoms with Gasteiger partial charge in [0.1, 0.15) is 0 Å². The third-order valence-electron chi connectivity index (χ3n) is 3.50. The molecule has 0 bridgehead atoms. The average molecular weight is 270 g/mol. The van der Waals surface area contributed by atoms with Crippen LogP contribution in [0.25, 0.3) is 0 Å². The van der Waals surface area contributed by atoms with Crippen LogP contribution in [-0.2, 0) is 9.59 Å². The predicted molar refractivity (Wildman–Crippen MR) is 76.9 cm³/mol. The summed E-state index contributed by atoms with van der Waals surface area (Å²) >= 11 is 0. The minimum absolute atomic E-state index is 0.0445. The number of dihydropyridines is 1. The summed E-state index contributed by atoms with van der Waals surface area (Å²) in [5.41, 5.74) is 3.52. The minimum Gasteiger partial charge on any atom is -0.362 e. The molecule has 2 rings (SSSR count). The molecule has 20 heavy (non-hydrogen) atoms. The van der Waals surface area contributed by atoms with Gasteiger partial charge in [0.2, 0.25) is 0 Å². The number of ketones is 2. The molecule has 0 aliphatic carbocycles. The molecule has 0 aromatic carbocycles. The Morgan fingerprint density at radius 2 is 1.60 bits per heavy atom. The summed E-state index contributed by atoms with van der Waals surface area (Å²) in [4.78, 5) is 28.4. The van der Waals surface area contributed by atoms with Crippen molar-refractivity contribution in [1.29, 1.82) is 0 Å². The molecule has 0 atom stereocenters. The Hall–Kier alpha value is -2.23. The Balaban J connectivity index is 2.67. The first kappa shape index (κ1) is 14.2. The van der Waals surface area contributed by atoms with Crippen LogP contribution in [0.2, 0.25) is 0 Å². The first-order valence-corrected chi connectivity index (χ1v) is 6.54. The standard InChI is InChI=1S/C16H18N2O2/c1-9-14(11(3)19)16(13-7-5-6-8-17-13)15(12(4)20)10(2)18-9/h5-8,16,18H,1-4H3. The van der Waals surface area contributed by atoms with Crippen LogP contribution in [0.15, 0.2) is 46.9 Å². The number of nitrogens with one attached hydrogen (secondary N) is 1. The van der Waals surface area contributed by atoms with E-state index in [0.29, 0.717) is 11.1 Å². The Morgan fingerprint density at radius 3 is 2.00 bits per heavy atom. The number of carbonyl (C=O) groups is 2. The van der Waals surface area contributed by atoms with Gasteiger partial charge in [0.25, 0.3) is 0 Å². The molecular weight excluding hydrogens is 252 g/mol. The van der Waals surface area contributed by atoms with E-state index in [1.807, 2.05) is 32.0 Å². The van der Waals surface area contributed by atoms with Crippen molar-refractivity contribution in [3.05, 3.63) is 52.6 Å². The molecule has 1 aliphatic heterocycles. The van der Waals surface area contributed by atoms with E-state index in [1.54, 1.807) is 6.20 Å². The Labute approximate surface area is 118 Å². The molecule has 1 aromatic rings. The lowest BCUT2D eigenvalue weighted by Gasteiger charge is -2.29. The summed E-state index contributed by atoms with van der Waals surface area (Å²) < 4.78 is 0. The second-order valence-electron chi connectivity index (χ2n) is 5.00. The van der Waals surface area contributed by atoms with E-state index in [9.17, 15) is 9.59 Å². The minimum atomic E-state index is -0.382. The molecular formula is C16H18N2O2. The SMILES string of the molecule is CC(=O)C1=C(C)NC(C)=C(C(C)=O)C1c1ccccn1. The number of Topliss-reactive ketones (excluding diaryl/α,β-unsaturated/α-hetero) is 2. The van der Waals surface area contributed by atoms with Gasteiger partial charge in [-0.25, -0.2) is 0 Å². The monoisotopic (exact) mass is 270 g/mol. The van der Waals surface area contributed by atoms with Crippen molar-refractivity contribution in [2.24, 2.45) is 0 Å². The van der Waals surface area contributed by atoms with Gasteiger partial charge in [-0.1, -0.05) is 6.07 Å². The van der Waals surface area contributed by atoms with Crippen LogP contribution in [0.4, 0.5) is 0 Å². The first-order chi connectivity index (χ1) is 9.43. The molecule has 0 unspecified atom stereocenters. The van der Waals surface area contributed by atoms with Gasteiger partial charge in [-0.05, 0) is 39.8 Å². The molecule has 4 nitrogen and oxygen atoms in total. The zero-order chi connectivity index (χ0) is 14.9. The van der Waals surface area contributed by atoms with Gasteiger partial charge in [0.15, 0.2) is 11.6 Å². The highest BCUT2D eigenvalue weighted by atomic mass is 16.1. The fourth-order valence-electron chi connectivity index (χ4n) is 2.77. The number of rotatable bonds is 3. The number of hydrogen-bond acceptors (Lipinski definition) is 4. The van der Waals surface area contributed by atoms with Crippen LogP contribution in [0.1, 0.15) is 39.3 Å². The normalized spacial score (nSPS) is 16.2. The maximum atomic E-state index is 12.0. The van der Waals surface area contributed by atoms with E-state index in [1.165, 1.54) is 13.8 Å². The molecule has 0 saturated carbocycles. The van der Waals surface area contributed by atoms with Gasteiger partial charge >= 0.3 is 0 Å². The van der Waals surface area contributed by atoms with Crippen molar-refractivity contribution < 1.29 is 9.59 Å². The number of hydrogen-bond donors (Lipinski definition) is 1. The molecule has 2 heterocycles. The number of allylic oxidation sites excluding steroid dienone is 4. The van der Waals surface area contributed by atoms with Gasteiger partial charge < -0.3 is 5.32 Å². The molecule has 1 aromatic heterocycles.